The SMILES string of the molecule is COc1ccc(CN(C)C(=O)COC(=O)c2ccc(C)c(NC(=O)c3ccco3)c2)cc1. The van der Waals surface area contributed by atoms with E-state index >= 15 is 0 Å². The highest BCUT2D eigenvalue weighted by atomic mass is 16.5. The minimum Gasteiger partial charge on any atom is -0.497 e. The monoisotopic (exact) mass is 436 g/mol. The highest BCUT2D eigenvalue weighted by molar-refractivity contribution is 6.03. The topological polar surface area (TPSA) is 98.1 Å². The molecule has 2 amide bonds. The van der Waals surface area contributed by atoms with Crippen molar-refractivity contribution in [1.29, 1.82) is 0 Å². The summed E-state index contributed by atoms with van der Waals surface area (Å²) in [6.45, 7) is 1.77. The second-order valence-corrected chi connectivity index (χ2v) is 7.14. The number of anilines is 1. The Hall–Kier alpha value is -4.07. The Labute approximate surface area is 185 Å². The average molecular weight is 436 g/mol. The smallest absolute Gasteiger partial charge is 0.338 e. The first-order valence-corrected chi connectivity index (χ1v) is 9.87. The third kappa shape index (κ3) is 5.75. The van der Waals surface area contributed by atoms with Gasteiger partial charge in [0.05, 0.1) is 18.9 Å². The van der Waals surface area contributed by atoms with Crippen LogP contribution in [0.3, 0.4) is 0 Å². The standard InChI is InChI=1S/C24H24N2O6/c1-16-6-9-18(13-20(16)25-23(28)21-5-4-12-31-21)24(29)32-15-22(27)26(2)14-17-7-10-19(30-3)11-8-17/h4-13H,14-15H2,1-3H3,(H,25,28). The van der Waals surface area contributed by atoms with Crippen molar-refractivity contribution >= 4 is 23.5 Å². The third-order valence-corrected chi connectivity index (χ3v) is 4.80. The normalized spacial score (nSPS) is 10.3. The fourth-order valence-corrected chi connectivity index (χ4v) is 2.89. The molecule has 1 aromatic heterocycles. The molecule has 0 aliphatic rings. The average Bonchev–Trinajstić information content (AvgIpc) is 3.34. The van der Waals surface area contributed by atoms with Crippen molar-refractivity contribution in [2.45, 2.75) is 13.5 Å². The number of carbonyl (C=O) groups is 3. The van der Waals surface area contributed by atoms with Crippen LogP contribution in [-0.2, 0) is 16.1 Å². The van der Waals surface area contributed by atoms with Crippen molar-refractivity contribution in [3.63, 3.8) is 0 Å². The van der Waals surface area contributed by atoms with Gasteiger partial charge in [-0.1, -0.05) is 18.2 Å². The van der Waals surface area contributed by atoms with Crippen molar-refractivity contribution in [1.82, 2.24) is 4.90 Å². The van der Waals surface area contributed by atoms with Gasteiger partial charge < -0.3 is 24.1 Å². The summed E-state index contributed by atoms with van der Waals surface area (Å²) in [6, 6.07) is 15.3. The molecule has 1 heterocycles. The minimum absolute atomic E-state index is 0.155. The van der Waals surface area contributed by atoms with Gasteiger partial charge in [-0.2, -0.15) is 0 Å². The number of nitrogens with one attached hydrogen (secondary N) is 1. The van der Waals surface area contributed by atoms with Crippen LogP contribution in [0.15, 0.2) is 65.3 Å². The van der Waals surface area contributed by atoms with Crippen molar-refractivity contribution in [3.05, 3.63) is 83.3 Å². The summed E-state index contributed by atoms with van der Waals surface area (Å²) < 4.78 is 15.4. The van der Waals surface area contributed by atoms with E-state index in [4.69, 9.17) is 13.9 Å². The van der Waals surface area contributed by atoms with Crippen molar-refractivity contribution in [3.8, 4) is 5.75 Å². The Bertz CT molecular complexity index is 1090. The fourth-order valence-electron chi connectivity index (χ4n) is 2.89. The predicted molar refractivity (Wildman–Crippen MR) is 118 cm³/mol. The van der Waals surface area contributed by atoms with Crippen LogP contribution in [0, 0.1) is 6.92 Å². The Balaban J connectivity index is 1.56. The highest BCUT2D eigenvalue weighted by Crippen LogP contribution is 2.19. The van der Waals surface area contributed by atoms with E-state index in [1.54, 1.807) is 39.3 Å². The lowest BCUT2D eigenvalue weighted by molar-refractivity contribution is -0.133. The van der Waals surface area contributed by atoms with Gasteiger partial charge in [0.25, 0.3) is 11.8 Å². The van der Waals surface area contributed by atoms with Gasteiger partial charge in [0.15, 0.2) is 12.4 Å². The maximum atomic E-state index is 12.4. The molecule has 0 bridgehead atoms. The largest absolute Gasteiger partial charge is 0.497 e. The zero-order chi connectivity index (χ0) is 23.1. The summed E-state index contributed by atoms with van der Waals surface area (Å²) in [4.78, 5) is 38.5. The van der Waals surface area contributed by atoms with E-state index in [2.05, 4.69) is 5.32 Å². The Morgan fingerprint density at radius 2 is 1.81 bits per heavy atom. The molecule has 0 saturated heterocycles. The number of likely N-dealkylation sites (N-methyl/N-ethyl adjacent to an activating group) is 1. The van der Waals surface area contributed by atoms with Gasteiger partial charge in [0.1, 0.15) is 5.75 Å². The molecule has 166 valence electrons. The summed E-state index contributed by atoms with van der Waals surface area (Å²) in [6.07, 6.45) is 1.40. The lowest BCUT2D eigenvalue weighted by Gasteiger charge is -2.17. The van der Waals surface area contributed by atoms with E-state index in [1.165, 1.54) is 23.3 Å². The molecule has 32 heavy (non-hydrogen) atoms. The molecule has 0 fully saturated rings. The zero-order valence-electron chi connectivity index (χ0n) is 18.1. The predicted octanol–water partition coefficient (Wildman–Crippen LogP) is 3.66. The zero-order valence-corrected chi connectivity index (χ0v) is 18.1. The molecule has 3 rings (SSSR count). The molecular formula is C24H24N2O6. The lowest BCUT2D eigenvalue weighted by atomic mass is 10.1. The molecule has 0 aliphatic heterocycles. The van der Waals surface area contributed by atoms with Gasteiger partial charge in [-0.15, -0.1) is 0 Å². The fraction of sp³-hybridized carbons (Fsp3) is 0.208. The Morgan fingerprint density at radius 3 is 2.47 bits per heavy atom. The number of ether oxygens (including phenoxy) is 2. The first kappa shape index (κ1) is 22.6. The van der Waals surface area contributed by atoms with Gasteiger partial charge in [-0.25, -0.2) is 4.79 Å². The molecule has 0 unspecified atom stereocenters. The van der Waals surface area contributed by atoms with Gasteiger partial charge in [-0.3, -0.25) is 9.59 Å². The van der Waals surface area contributed by atoms with Crippen LogP contribution in [0.2, 0.25) is 0 Å². The number of nitrogens with zero attached hydrogens (tertiary/aromatic N) is 1. The van der Waals surface area contributed by atoms with Crippen LogP contribution in [-0.4, -0.2) is 43.4 Å². The van der Waals surface area contributed by atoms with E-state index in [0.717, 1.165) is 16.9 Å². The van der Waals surface area contributed by atoms with E-state index in [1.807, 2.05) is 24.3 Å². The second kappa shape index (κ2) is 10.3. The number of methoxy groups -OCH3 is 1. The summed E-state index contributed by atoms with van der Waals surface area (Å²) in [5.41, 5.74) is 2.35. The molecular weight excluding hydrogens is 412 g/mol. The second-order valence-electron chi connectivity index (χ2n) is 7.14. The van der Waals surface area contributed by atoms with Gasteiger partial charge in [0.2, 0.25) is 0 Å². The number of furan rings is 1. The van der Waals surface area contributed by atoms with Crippen molar-refractivity contribution in [2.24, 2.45) is 0 Å². The summed E-state index contributed by atoms with van der Waals surface area (Å²) in [5.74, 6) is -0.548. The molecule has 3 aromatic rings. The van der Waals surface area contributed by atoms with Gasteiger partial charge in [0, 0.05) is 19.3 Å². The number of rotatable bonds is 8. The number of hydrogen-bond acceptors (Lipinski definition) is 6. The molecule has 1 N–H and O–H groups in total. The van der Waals surface area contributed by atoms with Crippen LogP contribution in [0.1, 0.15) is 32.0 Å². The maximum Gasteiger partial charge on any atom is 0.338 e. The summed E-state index contributed by atoms with van der Waals surface area (Å²) >= 11 is 0. The van der Waals surface area contributed by atoms with Crippen LogP contribution in [0.4, 0.5) is 5.69 Å². The number of hydrogen-bond donors (Lipinski definition) is 1. The lowest BCUT2D eigenvalue weighted by Crippen LogP contribution is -2.30. The number of amides is 2. The van der Waals surface area contributed by atoms with E-state index < -0.39 is 18.5 Å². The number of aryl methyl sites for hydroxylation is 1. The third-order valence-electron chi connectivity index (χ3n) is 4.80. The maximum absolute atomic E-state index is 12.4. The Kier molecular flexibility index (Phi) is 7.28. The molecule has 0 saturated carbocycles. The number of esters is 1. The highest BCUT2D eigenvalue weighted by Gasteiger charge is 2.16. The van der Waals surface area contributed by atoms with E-state index in [9.17, 15) is 14.4 Å². The van der Waals surface area contributed by atoms with Gasteiger partial charge >= 0.3 is 5.97 Å². The molecule has 8 heteroatoms. The molecule has 0 atom stereocenters. The summed E-state index contributed by atoms with van der Waals surface area (Å²) in [5, 5.41) is 2.70. The van der Waals surface area contributed by atoms with Crippen LogP contribution >= 0.6 is 0 Å². The van der Waals surface area contributed by atoms with Gasteiger partial charge in [-0.05, 0) is 54.4 Å². The Morgan fingerprint density at radius 1 is 1.06 bits per heavy atom. The molecule has 2 aromatic carbocycles. The first-order valence-electron chi connectivity index (χ1n) is 9.87. The molecule has 8 nitrogen and oxygen atoms in total. The number of carbonyl (C=O) groups excluding carboxylic acids is 3. The number of benzene rings is 2. The molecule has 0 radical (unpaired) electrons. The van der Waals surface area contributed by atoms with E-state index in [-0.39, 0.29) is 17.2 Å². The van der Waals surface area contributed by atoms with Crippen LogP contribution < -0.4 is 10.1 Å². The van der Waals surface area contributed by atoms with Crippen molar-refractivity contribution < 1.29 is 28.3 Å². The van der Waals surface area contributed by atoms with E-state index in [0.29, 0.717) is 12.2 Å². The van der Waals surface area contributed by atoms with Crippen molar-refractivity contribution in [2.75, 3.05) is 26.1 Å². The molecule has 0 spiro atoms. The van der Waals surface area contributed by atoms with Crippen LogP contribution in [0.5, 0.6) is 5.75 Å². The quantitative estimate of drug-likeness (QED) is 0.541. The first-order chi connectivity index (χ1) is 15.4. The minimum atomic E-state index is -0.662. The molecule has 0 aliphatic carbocycles. The van der Waals surface area contributed by atoms with Crippen LogP contribution in [0.25, 0.3) is 0 Å². The summed E-state index contributed by atoms with van der Waals surface area (Å²) in [7, 11) is 3.22.